The fourth-order valence-corrected chi connectivity index (χ4v) is 2.64. The Hall–Kier alpha value is -0.980. The molecular formula is C14H26N4O2. The maximum absolute atomic E-state index is 5.16. The van der Waals surface area contributed by atoms with E-state index in [-0.39, 0.29) is 0 Å². The number of rotatable bonds is 8. The quantitative estimate of drug-likeness (QED) is 0.720. The molecule has 2 rings (SSSR count). The highest BCUT2D eigenvalue weighted by atomic mass is 16.5. The molecule has 0 aliphatic carbocycles. The average Bonchev–Trinajstić information content (AvgIpc) is 2.92. The van der Waals surface area contributed by atoms with Gasteiger partial charge >= 0.3 is 0 Å². The highest BCUT2D eigenvalue weighted by molar-refractivity contribution is 4.87. The number of aromatic nitrogens is 2. The monoisotopic (exact) mass is 282 g/mol. The predicted octanol–water partition coefficient (Wildman–Crippen LogP) is 1.08. The predicted molar refractivity (Wildman–Crippen MR) is 76.4 cm³/mol. The van der Waals surface area contributed by atoms with Crippen molar-refractivity contribution in [3.63, 3.8) is 0 Å². The molecule has 0 saturated carbocycles. The molecule has 0 spiro atoms. The first kappa shape index (κ1) is 15.4. The van der Waals surface area contributed by atoms with Gasteiger partial charge in [-0.05, 0) is 31.8 Å². The van der Waals surface area contributed by atoms with E-state index in [9.17, 15) is 0 Å². The lowest BCUT2D eigenvalue weighted by Crippen LogP contribution is -2.39. The first-order chi connectivity index (χ1) is 9.81. The molecule has 6 heteroatoms. The molecule has 1 aliphatic heterocycles. The lowest BCUT2D eigenvalue weighted by molar-refractivity contribution is 0.155. The Morgan fingerprint density at radius 2 is 2.40 bits per heavy atom. The van der Waals surface area contributed by atoms with Crippen molar-refractivity contribution < 1.29 is 9.26 Å². The molecule has 0 bridgehead atoms. The van der Waals surface area contributed by atoms with Crippen LogP contribution < -0.4 is 5.32 Å². The van der Waals surface area contributed by atoms with E-state index < -0.39 is 0 Å². The van der Waals surface area contributed by atoms with Gasteiger partial charge in [0.05, 0.1) is 13.2 Å². The molecule has 0 radical (unpaired) electrons. The molecule has 114 valence electrons. The lowest BCUT2D eigenvalue weighted by atomic mass is 9.98. The maximum atomic E-state index is 5.16. The molecule has 1 aliphatic rings. The summed E-state index contributed by atoms with van der Waals surface area (Å²) in [5.41, 5.74) is 0. The number of hydrogen-bond donors (Lipinski definition) is 1. The third kappa shape index (κ3) is 4.85. The van der Waals surface area contributed by atoms with Gasteiger partial charge in [0, 0.05) is 26.6 Å². The maximum Gasteiger partial charge on any atom is 0.226 e. The molecule has 1 fully saturated rings. The second-order valence-corrected chi connectivity index (χ2v) is 5.40. The third-order valence-electron chi connectivity index (χ3n) is 3.70. The largest absolute Gasteiger partial charge is 0.383 e. The molecule has 1 aromatic rings. The van der Waals surface area contributed by atoms with Crippen molar-refractivity contribution in [3.05, 3.63) is 11.7 Å². The van der Waals surface area contributed by atoms with Crippen LogP contribution >= 0.6 is 0 Å². The van der Waals surface area contributed by atoms with Crippen molar-refractivity contribution >= 4 is 0 Å². The van der Waals surface area contributed by atoms with Gasteiger partial charge in [-0.3, -0.25) is 4.90 Å². The van der Waals surface area contributed by atoms with E-state index in [1.165, 1.54) is 12.8 Å². The highest BCUT2D eigenvalue weighted by Crippen LogP contribution is 2.17. The molecule has 0 amide bonds. The fourth-order valence-electron chi connectivity index (χ4n) is 2.64. The standard InChI is InChI=1S/C14H26N4O2/c1-3-14-16-13(17-20-14)11-18-7-4-5-12(10-18)9-15-6-8-19-2/h12,15H,3-11H2,1-2H3. The Balaban J connectivity index is 1.72. The van der Waals surface area contributed by atoms with E-state index in [4.69, 9.17) is 9.26 Å². The van der Waals surface area contributed by atoms with Crippen LogP contribution in [0.3, 0.4) is 0 Å². The fraction of sp³-hybridized carbons (Fsp3) is 0.857. The summed E-state index contributed by atoms with van der Waals surface area (Å²) in [5, 5.41) is 7.48. The molecule has 1 saturated heterocycles. The summed E-state index contributed by atoms with van der Waals surface area (Å²) in [5.74, 6) is 2.25. The van der Waals surface area contributed by atoms with E-state index >= 15 is 0 Å². The van der Waals surface area contributed by atoms with E-state index in [2.05, 4.69) is 20.4 Å². The van der Waals surface area contributed by atoms with Gasteiger partial charge in [-0.1, -0.05) is 12.1 Å². The lowest BCUT2D eigenvalue weighted by Gasteiger charge is -2.32. The second kappa shape index (κ2) is 8.34. The smallest absolute Gasteiger partial charge is 0.226 e. The molecule has 20 heavy (non-hydrogen) atoms. The number of methoxy groups -OCH3 is 1. The van der Waals surface area contributed by atoms with Gasteiger partial charge in [0.25, 0.3) is 0 Å². The summed E-state index contributed by atoms with van der Waals surface area (Å²) in [4.78, 5) is 6.81. The van der Waals surface area contributed by atoms with Crippen LogP contribution in [-0.2, 0) is 17.7 Å². The zero-order chi connectivity index (χ0) is 14.2. The van der Waals surface area contributed by atoms with Crippen molar-refractivity contribution in [1.29, 1.82) is 0 Å². The summed E-state index contributed by atoms with van der Waals surface area (Å²) in [6.07, 6.45) is 3.34. The van der Waals surface area contributed by atoms with Crippen LogP contribution in [0.4, 0.5) is 0 Å². The second-order valence-electron chi connectivity index (χ2n) is 5.40. The summed E-state index contributed by atoms with van der Waals surface area (Å²) < 4.78 is 10.2. The molecule has 0 aromatic carbocycles. The van der Waals surface area contributed by atoms with Crippen LogP contribution in [0.2, 0.25) is 0 Å². The average molecular weight is 282 g/mol. The molecule has 2 heterocycles. The van der Waals surface area contributed by atoms with Gasteiger partial charge < -0.3 is 14.6 Å². The number of hydrogen-bond acceptors (Lipinski definition) is 6. The molecule has 1 aromatic heterocycles. The van der Waals surface area contributed by atoms with Gasteiger partial charge in [0.1, 0.15) is 0 Å². The van der Waals surface area contributed by atoms with Crippen LogP contribution in [0.5, 0.6) is 0 Å². The Kier molecular flexibility index (Phi) is 6.42. The SMILES string of the molecule is CCc1nc(CN2CCCC(CNCCOC)C2)no1. The van der Waals surface area contributed by atoms with Crippen LogP contribution in [0.25, 0.3) is 0 Å². The van der Waals surface area contributed by atoms with Crippen LogP contribution in [0.1, 0.15) is 31.5 Å². The van der Waals surface area contributed by atoms with Gasteiger partial charge in [-0.2, -0.15) is 4.98 Å². The van der Waals surface area contributed by atoms with Crippen molar-refractivity contribution in [2.24, 2.45) is 5.92 Å². The zero-order valence-electron chi connectivity index (χ0n) is 12.6. The molecule has 6 nitrogen and oxygen atoms in total. The van der Waals surface area contributed by atoms with Gasteiger partial charge in [0.15, 0.2) is 5.82 Å². The van der Waals surface area contributed by atoms with Crippen molar-refractivity contribution in [1.82, 2.24) is 20.4 Å². The summed E-state index contributed by atoms with van der Waals surface area (Å²) in [7, 11) is 1.74. The van der Waals surface area contributed by atoms with Crippen molar-refractivity contribution in [3.8, 4) is 0 Å². The van der Waals surface area contributed by atoms with Crippen LogP contribution in [-0.4, -0.2) is 54.9 Å². The minimum absolute atomic E-state index is 0.707. The van der Waals surface area contributed by atoms with E-state index in [0.29, 0.717) is 5.92 Å². The van der Waals surface area contributed by atoms with Gasteiger partial charge in [0.2, 0.25) is 5.89 Å². The first-order valence-electron chi connectivity index (χ1n) is 7.55. The summed E-state index contributed by atoms with van der Waals surface area (Å²) in [6.45, 7) is 7.83. The number of nitrogens with zero attached hydrogens (tertiary/aromatic N) is 3. The Morgan fingerprint density at radius 3 is 3.15 bits per heavy atom. The minimum Gasteiger partial charge on any atom is -0.383 e. The van der Waals surface area contributed by atoms with Crippen molar-refractivity contribution in [2.75, 3.05) is 39.9 Å². The van der Waals surface area contributed by atoms with Gasteiger partial charge in [-0.15, -0.1) is 0 Å². The van der Waals surface area contributed by atoms with E-state index in [1.54, 1.807) is 7.11 Å². The minimum atomic E-state index is 0.707. The Labute approximate surface area is 120 Å². The summed E-state index contributed by atoms with van der Waals surface area (Å²) in [6, 6.07) is 0. The zero-order valence-corrected chi connectivity index (χ0v) is 12.6. The normalized spacial score (nSPS) is 20.4. The molecule has 1 unspecified atom stereocenters. The number of likely N-dealkylation sites (tertiary alicyclic amines) is 1. The van der Waals surface area contributed by atoms with E-state index in [1.807, 2.05) is 6.92 Å². The van der Waals surface area contributed by atoms with E-state index in [0.717, 1.165) is 57.5 Å². The Bertz CT molecular complexity index is 383. The van der Waals surface area contributed by atoms with Gasteiger partial charge in [-0.25, -0.2) is 0 Å². The summed E-state index contributed by atoms with van der Waals surface area (Å²) >= 11 is 0. The van der Waals surface area contributed by atoms with Crippen LogP contribution in [0.15, 0.2) is 4.52 Å². The highest BCUT2D eigenvalue weighted by Gasteiger charge is 2.21. The molecular weight excluding hydrogens is 256 g/mol. The first-order valence-corrected chi connectivity index (χ1v) is 7.55. The van der Waals surface area contributed by atoms with Crippen LogP contribution in [0, 0.1) is 5.92 Å². The number of ether oxygens (including phenoxy) is 1. The molecule has 1 atom stereocenters. The number of piperidine rings is 1. The molecule has 1 N–H and O–H groups in total. The third-order valence-corrected chi connectivity index (χ3v) is 3.70. The van der Waals surface area contributed by atoms with Crippen molar-refractivity contribution in [2.45, 2.75) is 32.7 Å². The Morgan fingerprint density at radius 1 is 1.50 bits per heavy atom. The topological polar surface area (TPSA) is 63.4 Å². The number of aryl methyl sites for hydroxylation is 1. The number of nitrogens with one attached hydrogen (secondary N) is 1.